The normalized spacial score (nSPS) is 45.2. The summed E-state index contributed by atoms with van der Waals surface area (Å²) in [7, 11) is -3.97. The lowest BCUT2D eigenvalue weighted by molar-refractivity contribution is -0.186. The van der Waals surface area contributed by atoms with Crippen molar-refractivity contribution < 1.29 is 31.7 Å². The second kappa shape index (κ2) is 9.01. The van der Waals surface area contributed by atoms with Crippen LogP contribution in [0.2, 0.25) is 0 Å². The van der Waals surface area contributed by atoms with Crippen molar-refractivity contribution in [3.63, 3.8) is 0 Å². The van der Waals surface area contributed by atoms with Gasteiger partial charge in [-0.1, -0.05) is 36.8 Å². The monoisotopic (exact) mass is 569 g/mol. The first-order valence-electron chi connectivity index (χ1n) is 15.4. The van der Waals surface area contributed by atoms with Crippen LogP contribution in [0.25, 0.3) is 0 Å². The third-order valence-electron chi connectivity index (χ3n) is 12.1. The van der Waals surface area contributed by atoms with Gasteiger partial charge in [0, 0.05) is 24.7 Å². The zero-order valence-corrected chi connectivity index (χ0v) is 23.7. The van der Waals surface area contributed by atoms with E-state index in [1.165, 1.54) is 19.3 Å². The summed E-state index contributed by atoms with van der Waals surface area (Å²) in [6.45, 7) is 1.41. The van der Waals surface area contributed by atoms with Crippen LogP contribution in [0.3, 0.4) is 0 Å². The number of ether oxygens (including phenoxy) is 2. The maximum atomic E-state index is 14.0. The number of carbonyl (C=O) groups is 2. The maximum absolute atomic E-state index is 14.0. The van der Waals surface area contributed by atoms with Crippen molar-refractivity contribution in [2.75, 3.05) is 13.1 Å². The number of benzene rings is 1. The Balaban J connectivity index is 1.07. The van der Waals surface area contributed by atoms with Gasteiger partial charge in [-0.05, 0) is 81.4 Å². The molecule has 1 N–H and O–H groups in total. The maximum Gasteiger partial charge on any atom is 0.312 e. The fourth-order valence-corrected chi connectivity index (χ4v) is 12.4. The molecule has 1 aromatic carbocycles. The van der Waals surface area contributed by atoms with Crippen LogP contribution in [0, 0.1) is 40.9 Å². The molecule has 40 heavy (non-hydrogen) atoms. The van der Waals surface area contributed by atoms with Crippen LogP contribution in [-0.2, 0) is 39.0 Å². The summed E-state index contributed by atoms with van der Waals surface area (Å²) >= 11 is 0. The van der Waals surface area contributed by atoms with Crippen molar-refractivity contribution in [3.05, 3.63) is 35.9 Å². The van der Waals surface area contributed by atoms with Crippen LogP contribution in [0.4, 0.5) is 0 Å². The molecule has 5 saturated carbocycles. The van der Waals surface area contributed by atoms with E-state index in [2.05, 4.69) is 5.32 Å². The number of piperidine rings is 1. The fraction of sp³-hybridized carbons (Fsp3) is 0.742. The van der Waals surface area contributed by atoms with Crippen LogP contribution in [0.1, 0.15) is 69.8 Å². The average Bonchev–Trinajstić information content (AvgIpc) is 3.56. The molecule has 10 unspecified atom stereocenters. The molecule has 1 aromatic rings. The van der Waals surface area contributed by atoms with Crippen LogP contribution < -0.4 is 5.32 Å². The lowest BCUT2D eigenvalue weighted by Gasteiger charge is -2.53. The van der Waals surface area contributed by atoms with Crippen LogP contribution in [0.5, 0.6) is 0 Å². The number of hydrogen-bond acceptors (Lipinski definition) is 8. The van der Waals surface area contributed by atoms with Crippen LogP contribution >= 0.6 is 0 Å². The number of hydrogen-bond donors (Lipinski definition) is 1. The van der Waals surface area contributed by atoms with Crippen molar-refractivity contribution in [1.82, 2.24) is 5.32 Å². The highest BCUT2D eigenvalue weighted by atomic mass is 32.2. The largest absolute Gasteiger partial charge is 0.459 e. The Bertz CT molecular complexity index is 1310. The first kappa shape index (κ1) is 25.7. The Morgan fingerprint density at radius 2 is 1.73 bits per heavy atom. The van der Waals surface area contributed by atoms with Crippen LogP contribution in [0.15, 0.2) is 30.3 Å². The van der Waals surface area contributed by atoms with Gasteiger partial charge in [0.25, 0.3) is 10.1 Å². The van der Waals surface area contributed by atoms with E-state index >= 15 is 0 Å². The number of carbonyl (C=O) groups excluding carboxylic acids is 2. The van der Waals surface area contributed by atoms with E-state index in [1.54, 1.807) is 0 Å². The lowest BCUT2D eigenvalue weighted by Crippen LogP contribution is -2.52. The number of nitrogens with one attached hydrogen (secondary N) is 1. The molecule has 8 rings (SSSR count). The molecule has 2 aliphatic heterocycles. The molecule has 9 heteroatoms. The molecule has 5 bridgehead atoms. The first-order valence-corrected chi connectivity index (χ1v) is 16.9. The fourth-order valence-electron chi connectivity index (χ4n) is 10.3. The number of rotatable bonds is 5. The molecule has 2 heterocycles. The molecule has 216 valence electrons. The standard InChI is InChI=1S/C31H39NO7S/c33-28(38-31(10-12-32-13-11-31)21-4-2-1-3-5-21)24-22-15-23-26(39-40(35,36)27(23)24)25(22)37-29(34)30-9-8-19-7-6-18(16-30)14-20(19)17-30/h1-5,18-20,22-27,32H,6-17H2. The summed E-state index contributed by atoms with van der Waals surface area (Å²) in [6, 6.07) is 9.76. The van der Waals surface area contributed by atoms with Crippen LogP contribution in [-0.4, -0.2) is 50.9 Å². The highest BCUT2D eigenvalue weighted by molar-refractivity contribution is 7.87. The summed E-state index contributed by atoms with van der Waals surface area (Å²) in [5, 5.41) is 2.41. The van der Waals surface area contributed by atoms with Gasteiger partial charge in [-0.3, -0.25) is 13.8 Å². The molecule has 0 aromatic heterocycles. The van der Waals surface area contributed by atoms with E-state index in [4.69, 9.17) is 13.7 Å². The number of esters is 2. The average molecular weight is 570 g/mol. The van der Waals surface area contributed by atoms with Gasteiger partial charge >= 0.3 is 11.9 Å². The molecule has 0 amide bonds. The van der Waals surface area contributed by atoms with Gasteiger partial charge in [0.1, 0.15) is 23.1 Å². The van der Waals surface area contributed by atoms with E-state index in [0.29, 0.717) is 44.2 Å². The minimum atomic E-state index is -3.97. The van der Waals surface area contributed by atoms with Crippen molar-refractivity contribution in [1.29, 1.82) is 0 Å². The Kier molecular flexibility index (Phi) is 5.79. The van der Waals surface area contributed by atoms with Gasteiger partial charge in [0.15, 0.2) is 0 Å². The molecular weight excluding hydrogens is 530 g/mol. The smallest absolute Gasteiger partial charge is 0.312 e. The second-order valence-electron chi connectivity index (χ2n) is 13.9. The predicted octanol–water partition coefficient (Wildman–Crippen LogP) is 3.69. The Labute approximate surface area is 236 Å². The molecule has 5 aliphatic carbocycles. The molecule has 7 aliphatic rings. The highest BCUT2D eigenvalue weighted by Gasteiger charge is 2.72. The second-order valence-corrected chi connectivity index (χ2v) is 15.7. The van der Waals surface area contributed by atoms with E-state index < -0.39 is 56.4 Å². The molecule has 0 radical (unpaired) electrons. The minimum absolute atomic E-state index is 0.184. The molecule has 8 nitrogen and oxygen atoms in total. The lowest BCUT2D eigenvalue weighted by atomic mass is 9.51. The third kappa shape index (κ3) is 3.72. The van der Waals surface area contributed by atoms with Gasteiger partial charge in [-0.2, -0.15) is 8.42 Å². The quantitative estimate of drug-likeness (QED) is 0.423. The molecule has 10 atom stereocenters. The first-order chi connectivity index (χ1) is 19.3. The van der Waals surface area contributed by atoms with Crippen molar-refractivity contribution in [2.24, 2.45) is 40.9 Å². The van der Waals surface area contributed by atoms with Gasteiger partial charge in [0.05, 0.1) is 11.3 Å². The van der Waals surface area contributed by atoms with Crippen molar-refractivity contribution in [2.45, 2.75) is 87.3 Å². The molecule has 0 spiro atoms. The van der Waals surface area contributed by atoms with E-state index in [-0.39, 0.29) is 11.9 Å². The Morgan fingerprint density at radius 3 is 2.52 bits per heavy atom. The van der Waals surface area contributed by atoms with Gasteiger partial charge in [-0.15, -0.1) is 0 Å². The van der Waals surface area contributed by atoms with Gasteiger partial charge < -0.3 is 14.8 Å². The zero-order valence-electron chi connectivity index (χ0n) is 22.8. The molecule has 2 saturated heterocycles. The summed E-state index contributed by atoms with van der Waals surface area (Å²) < 4.78 is 44.8. The van der Waals surface area contributed by atoms with Crippen molar-refractivity contribution >= 4 is 22.1 Å². The molecular formula is C31H39NO7S. The minimum Gasteiger partial charge on any atom is -0.459 e. The van der Waals surface area contributed by atoms with Gasteiger partial charge in [-0.25, -0.2) is 0 Å². The highest BCUT2D eigenvalue weighted by Crippen LogP contribution is 2.62. The SMILES string of the molecule is O=C(OC1(c2ccccc2)CCNCC1)C1C2CC3C(OS(=O)(=O)C31)C2OC(=O)C12CCC3CCC(CC3C1)C2. The summed E-state index contributed by atoms with van der Waals surface area (Å²) in [4.78, 5) is 28.0. The Hall–Kier alpha value is -1.97. The predicted molar refractivity (Wildman–Crippen MR) is 144 cm³/mol. The number of fused-ring (bicyclic) bond motifs is 3. The molecule has 7 fully saturated rings. The van der Waals surface area contributed by atoms with Gasteiger partial charge in [0.2, 0.25) is 0 Å². The van der Waals surface area contributed by atoms with Crippen molar-refractivity contribution in [3.8, 4) is 0 Å². The van der Waals surface area contributed by atoms with E-state index in [1.807, 2.05) is 30.3 Å². The third-order valence-corrected chi connectivity index (χ3v) is 13.9. The van der Waals surface area contributed by atoms with E-state index in [9.17, 15) is 18.0 Å². The topological polar surface area (TPSA) is 108 Å². The summed E-state index contributed by atoms with van der Waals surface area (Å²) in [5.74, 6) is -0.404. The summed E-state index contributed by atoms with van der Waals surface area (Å²) in [5.41, 5.74) is -0.347. The van der Waals surface area contributed by atoms with E-state index in [0.717, 1.165) is 37.2 Å². The zero-order chi connectivity index (χ0) is 27.3. The Morgan fingerprint density at radius 1 is 0.925 bits per heavy atom. The summed E-state index contributed by atoms with van der Waals surface area (Å²) in [6.07, 6.45) is 7.73.